The Hall–Kier alpha value is -2.17. The fraction of sp³-hybridized carbons (Fsp3) is 0.250. The number of esters is 1. The molecule has 0 aromatic carbocycles. The molecular formula is C12H13N3O2. The Morgan fingerprint density at radius 3 is 2.59 bits per heavy atom. The van der Waals surface area contributed by atoms with E-state index in [1.165, 1.54) is 7.11 Å². The van der Waals surface area contributed by atoms with Crippen LogP contribution in [0.2, 0.25) is 0 Å². The Morgan fingerprint density at radius 2 is 2.06 bits per heavy atom. The van der Waals surface area contributed by atoms with Crippen LogP contribution in [0.4, 0.5) is 0 Å². The molecule has 5 nitrogen and oxygen atoms in total. The van der Waals surface area contributed by atoms with Gasteiger partial charge in [0.2, 0.25) is 0 Å². The van der Waals surface area contributed by atoms with Crippen LogP contribution in [0, 0.1) is 13.8 Å². The molecule has 0 atom stereocenters. The highest BCUT2D eigenvalue weighted by Gasteiger charge is 2.11. The first-order chi connectivity index (χ1) is 8.11. The number of nitrogens with zero attached hydrogens (tertiary/aromatic N) is 3. The van der Waals surface area contributed by atoms with E-state index < -0.39 is 0 Å². The van der Waals surface area contributed by atoms with Crippen molar-refractivity contribution in [1.29, 1.82) is 0 Å². The lowest BCUT2D eigenvalue weighted by atomic mass is 10.2. The number of ether oxygens (including phenoxy) is 1. The summed E-state index contributed by atoms with van der Waals surface area (Å²) in [7, 11) is 1.35. The van der Waals surface area contributed by atoms with Crippen LogP contribution in [-0.2, 0) is 4.74 Å². The number of carbonyl (C=O) groups excluding carboxylic acids is 1. The van der Waals surface area contributed by atoms with Crippen LogP contribution in [0.5, 0.6) is 0 Å². The molecule has 0 unspecified atom stereocenters. The Kier molecular flexibility index (Phi) is 2.91. The SMILES string of the molecule is COC(=O)c1ccc(-n2ccc(C)n2)nc1C. The zero-order valence-electron chi connectivity index (χ0n) is 9.97. The average Bonchev–Trinajstić information content (AvgIpc) is 2.75. The molecule has 2 rings (SSSR count). The Labute approximate surface area is 99.1 Å². The zero-order valence-corrected chi connectivity index (χ0v) is 9.97. The number of carbonyl (C=O) groups is 1. The molecule has 88 valence electrons. The molecule has 0 radical (unpaired) electrons. The van der Waals surface area contributed by atoms with E-state index in [1.807, 2.05) is 19.2 Å². The quantitative estimate of drug-likeness (QED) is 0.738. The highest BCUT2D eigenvalue weighted by molar-refractivity contribution is 5.90. The molecule has 5 heteroatoms. The summed E-state index contributed by atoms with van der Waals surface area (Å²) in [5.74, 6) is 0.307. The first kappa shape index (κ1) is 11.3. The number of methoxy groups -OCH3 is 1. The highest BCUT2D eigenvalue weighted by atomic mass is 16.5. The summed E-state index contributed by atoms with van der Waals surface area (Å²) in [5, 5.41) is 4.25. The Balaban J connectivity index is 2.40. The van der Waals surface area contributed by atoms with Crippen LogP contribution in [-0.4, -0.2) is 27.8 Å². The molecule has 17 heavy (non-hydrogen) atoms. The van der Waals surface area contributed by atoms with Crippen molar-refractivity contribution in [2.45, 2.75) is 13.8 Å². The summed E-state index contributed by atoms with van der Waals surface area (Å²) < 4.78 is 6.34. The molecule has 0 fully saturated rings. The highest BCUT2D eigenvalue weighted by Crippen LogP contribution is 2.11. The van der Waals surface area contributed by atoms with Gasteiger partial charge in [0.15, 0.2) is 5.82 Å². The number of aryl methyl sites for hydroxylation is 2. The van der Waals surface area contributed by atoms with Crippen molar-refractivity contribution in [1.82, 2.24) is 14.8 Å². The van der Waals surface area contributed by atoms with Crippen molar-refractivity contribution in [2.24, 2.45) is 0 Å². The molecule has 2 heterocycles. The van der Waals surface area contributed by atoms with Gasteiger partial charge in [-0.1, -0.05) is 0 Å². The molecule has 0 saturated heterocycles. The van der Waals surface area contributed by atoms with E-state index in [2.05, 4.69) is 14.8 Å². The lowest BCUT2D eigenvalue weighted by molar-refractivity contribution is 0.0599. The predicted octanol–water partition coefficient (Wildman–Crippen LogP) is 1.67. The second-order valence-corrected chi connectivity index (χ2v) is 3.70. The zero-order chi connectivity index (χ0) is 12.4. The molecule has 0 aliphatic heterocycles. The van der Waals surface area contributed by atoms with Crippen molar-refractivity contribution in [3.63, 3.8) is 0 Å². The van der Waals surface area contributed by atoms with E-state index in [4.69, 9.17) is 0 Å². The lowest BCUT2D eigenvalue weighted by Crippen LogP contribution is -2.08. The monoisotopic (exact) mass is 231 g/mol. The van der Waals surface area contributed by atoms with Crippen molar-refractivity contribution in [3.8, 4) is 5.82 Å². The van der Waals surface area contributed by atoms with Gasteiger partial charge in [0.1, 0.15) is 0 Å². The summed E-state index contributed by atoms with van der Waals surface area (Å²) in [6.07, 6.45) is 1.83. The summed E-state index contributed by atoms with van der Waals surface area (Å²) in [4.78, 5) is 15.7. The third kappa shape index (κ3) is 2.18. The summed E-state index contributed by atoms with van der Waals surface area (Å²) in [5.41, 5.74) is 2.02. The standard InChI is InChI=1S/C12H13N3O2/c1-8-6-7-15(14-8)11-5-4-10(9(2)13-11)12(16)17-3/h4-7H,1-3H3. The van der Waals surface area contributed by atoms with Gasteiger partial charge in [-0.25, -0.2) is 14.5 Å². The van der Waals surface area contributed by atoms with Gasteiger partial charge in [0, 0.05) is 6.20 Å². The van der Waals surface area contributed by atoms with Gasteiger partial charge in [-0.05, 0) is 32.0 Å². The maximum Gasteiger partial charge on any atom is 0.339 e. The van der Waals surface area contributed by atoms with Gasteiger partial charge >= 0.3 is 5.97 Å². The minimum absolute atomic E-state index is 0.377. The number of aromatic nitrogens is 3. The van der Waals surface area contributed by atoms with Crippen molar-refractivity contribution in [3.05, 3.63) is 41.3 Å². The molecule has 0 spiro atoms. The summed E-state index contributed by atoms with van der Waals surface area (Å²) in [6, 6.07) is 5.33. The van der Waals surface area contributed by atoms with Crippen molar-refractivity contribution in [2.75, 3.05) is 7.11 Å². The lowest BCUT2D eigenvalue weighted by Gasteiger charge is -2.05. The molecule has 0 bridgehead atoms. The predicted molar refractivity (Wildman–Crippen MR) is 62.2 cm³/mol. The van der Waals surface area contributed by atoms with E-state index >= 15 is 0 Å². The molecule has 2 aromatic rings. The van der Waals surface area contributed by atoms with Crippen LogP contribution in [0.1, 0.15) is 21.7 Å². The van der Waals surface area contributed by atoms with Gasteiger partial charge in [0.05, 0.1) is 24.1 Å². The topological polar surface area (TPSA) is 57.0 Å². The third-order valence-electron chi connectivity index (χ3n) is 2.43. The second kappa shape index (κ2) is 4.37. The van der Waals surface area contributed by atoms with Crippen LogP contribution < -0.4 is 0 Å². The minimum Gasteiger partial charge on any atom is -0.465 e. The molecule has 0 N–H and O–H groups in total. The number of pyridine rings is 1. The Bertz CT molecular complexity index is 561. The first-order valence-corrected chi connectivity index (χ1v) is 5.20. The molecule has 0 amide bonds. The minimum atomic E-state index is -0.377. The normalized spacial score (nSPS) is 10.3. The Morgan fingerprint density at radius 1 is 1.29 bits per heavy atom. The van der Waals surface area contributed by atoms with Gasteiger partial charge in [-0.3, -0.25) is 0 Å². The molecule has 0 aliphatic carbocycles. The maximum atomic E-state index is 11.4. The molecule has 0 saturated carbocycles. The van der Waals surface area contributed by atoms with E-state index in [9.17, 15) is 4.79 Å². The van der Waals surface area contributed by atoms with E-state index in [0.29, 0.717) is 17.1 Å². The molecular weight excluding hydrogens is 218 g/mol. The van der Waals surface area contributed by atoms with Crippen molar-refractivity contribution < 1.29 is 9.53 Å². The number of hydrogen-bond donors (Lipinski definition) is 0. The smallest absolute Gasteiger partial charge is 0.339 e. The van der Waals surface area contributed by atoms with Gasteiger partial charge in [0.25, 0.3) is 0 Å². The first-order valence-electron chi connectivity index (χ1n) is 5.20. The summed E-state index contributed by atoms with van der Waals surface area (Å²) >= 11 is 0. The largest absolute Gasteiger partial charge is 0.465 e. The van der Waals surface area contributed by atoms with Gasteiger partial charge < -0.3 is 4.74 Å². The van der Waals surface area contributed by atoms with Crippen molar-refractivity contribution >= 4 is 5.97 Å². The van der Waals surface area contributed by atoms with Crippen LogP contribution in [0.25, 0.3) is 5.82 Å². The van der Waals surface area contributed by atoms with Crippen LogP contribution in [0.15, 0.2) is 24.4 Å². The number of rotatable bonds is 2. The van der Waals surface area contributed by atoms with E-state index in [-0.39, 0.29) is 5.97 Å². The van der Waals surface area contributed by atoms with Gasteiger partial charge in [-0.15, -0.1) is 0 Å². The number of hydrogen-bond acceptors (Lipinski definition) is 4. The average molecular weight is 231 g/mol. The fourth-order valence-electron chi connectivity index (χ4n) is 1.54. The molecule has 0 aliphatic rings. The van der Waals surface area contributed by atoms with Gasteiger partial charge in [-0.2, -0.15) is 5.10 Å². The molecule has 2 aromatic heterocycles. The van der Waals surface area contributed by atoms with Crippen LogP contribution in [0.3, 0.4) is 0 Å². The van der Waals surface area contributed by atoms with E-state index in [1.54, 1.807) is 23.7 Å². The fourth-order valence-corrected chi connectivity index (χ4v) is 1.54. The van der Waals surface area contributed by atoms with E-state index in [0.717, 1.165) is 5.69 Å². The third-order valence-corrected chi connectivity index (χ3v) is 2.43. The maximum absolute atomic E-state index is 11.4. The van der Waals surface area contributed by atoms with Crippen LogP contribution >= 0.6 is 0 Å². The second-order valence-electron chi connectivity index (χ2n) is 3.70. The summed E-state index contributed by atoms with van der Waals surface area (Å²) in [6.45, 7) is 3.68.